The van der Waals surface area contributed by atoms with E-state index in [2.05, 4.69) is 31.5 Å². The van der Waals surface area contributed by atoms with Gasteiger partial charge in [-0.05, 0) is 35.0 Å². The number of anilines is 1. The van der Waals surface area contributed by atoms with E-state index in [4.69, 9.17) is 0 Å². The molecule has 1 aromatic heterocycles. The lowest BCUT2D eigenvalue weighted by Crippen LogP contribution is -2.38. The summed E-state index contributed by atoms with van der Waals surface area (Å²) in [5, 5.41) is 5.09. The van der Waals surface area contributed by atoms with Crippen molar-refractivity contribution in [3.8, 4) is 0 Å². The number of aromatic nitrogens is 1. The summed E-state index contributed by atoms with van der Waals surface area (Å²) in [5.74, 6) is 0.708. The number of carbonyl (C=O) groups excluding carboxylic acids is 2. The van der Waals surface area contributed by atoms with Crippen molar-refractivity contribution in [1.29, 1.82) is 0 Å². The fourth-order valence-corrected chi connectivity index (χ4v) is 2.35. The number of pyridine rings is 1. The summed E-state index contributed by atoms with van der Waals surface area (Å²) in [5.41, 5.74) is 0.799. The smallest absolute Gasteiger partial charge is 0.279 e. The summed E-state index contributed by atoms with van der Waals surface area (Å²) >= 11 is 4.45. The summed E-state index contributed by atoms with van der Waals surface area (Å²) in [6.45, 7) is 1.84. The third-order valence-corrected chi connectivity index (χ3v) is 3.98. The third-order valence-electron chi connectivity index (χ3n) is 2.26. The van der Waals surface area contributed by atoms with Gasteiger partial charge in [0.15, 0.2) is 0 Å². The second kappa shape index (κ2) is 5.05. The molecule has 1 aromatic rings. The second-order valence-electron chi connectivity index (χ2n) is 3.55. The van der Waals surface area contributed by atoms with Crippen LogP contribution in [0.2, 0.25) is 0 Å². The van der Waals surface area contributed by atoms with Gasteiger partial charge in [0, 0.05) is 10.2 Å². The van der Waals surface area contributed by atoms with Crippen molar-refractivity contribution in [3.05, 3.63) is 22.3 Å². The van der Waals surface area contributed by atoms with E-state index in [1.807, 2.05) is 13.0 Å². The molecular weight excluding hydrogens is 306 g/mol. The number of amides is 2. The van der Waals surface area contributed by atoms with E-state index in [9.17, 15) is 9.59 Å². The van der Waals surface area contributed by atoms with Crippen molar-refractivity contribution in [1.82, 2.24) is 10.3 Å². The molecule has 5 nitrogen and oxygen atoms in total. The molecular formula is C10H10BrN3O2S. The molecule has 1 fully saturated rings. The van der Waals surface area contributed by atoms with Gasteiger partial charge in [-0.3, -0.25) is 9.59 Å². The number of rotatable bonds is 2. The molecule has 0 bridgehead atoms. The normalized spacial score (nSPS) is 18.9. The predicted molar refractivity (Wildman–Crippen MR) is 70.1 cm³/mol. The van der Waals surface area contributed by atoms with E-state index < -0.39 is 6.04 Å². The number of hydrogen-bond donors (Lipinski definition) is 2. The van der Waals surface area contributed by atoms with Crippen LogP contribution in [-0.4, -0.2) is 27.9 Å². The Morgan fingerprint density at radius 3 is 3.00 bits per heavy atom. The van der Waals surface area contributed by atoms with Gasteiger partial charge in [0.2, 0.25) is 5.91 Å². The molecule has 90 valence electrons. The fraction of sp³-hybridized carbons (Fsp3) is 0.300. The van der Waals surface area contributed by atoms with E-state index in [1.165, 1.54) is 0 Å². The number of thioether (sulfide) groups is 1. The molecule has 0 saturated carbocycles. The SMILES string of the molecule is Cc1nc(NC(=O)C2CSC(=O)N2)ccc1Br. The highest BCUT2D eigenvalue weighted by Gasteiger charge is 2.28. The first-order valence-electron chi connectivity index (χ1n) is 4.93. The first-order chi connectivity index (χ1) is 8.06. The lowest BCUT2D eigenvalue weighted by atomic mass is 10.3. The molecule has 2 N–H and O–H groups in total. The highest BCUT2D eigenvalue weighted by atomic mass is 79.9. The molecule has 1 aliphatic rings. The van der Waals surface area contributed by atoms with Crippen molar-refractivity contribution >= 4 is 44.7 Å². The first-order valence-corrected chi connectivity index (χ1v) is 6.71. The third kappa shape index (κ3) is 2.98. The molecule has 7 heteroatoms. The van der Waals surface area contributed by atoms with Gasteiger partial charge >= 0.3 is 0 Å². The van der Waals surface area contributed by atoms with Crippen molar-refractivity contribution in [2.45, 2.75) is 13.0 Å². The lowest BCUT2D eigenvalue weighted by Gasteiger charge is -2.10. The van der Waals surface area contributed by atoms with Gasteiger partial charge in [-0.1, -0.05) is 11.8 Å². The van der Waals surface area contributed by atoms with Crippen LogP contribution in [0.4, 0.5) is 10.6 Å². The molecule has 17 heavy (non-hydrogen) atoms. The van der Waals surface area contributed by atoms with Crippen LogP contribution in [0.3, 0.4) is 0 Å². The molecule has 1 saturated heterocycles. The number of aryl methyl sites for hydroxylation is 1. The maximum Gasteiger partial charge on any atom is 0.279 e. The molecule has 1 atom stereocenters. The average molecular weight is 316 g/mol. The largest absolute Gasteiger partial charge is 0.334 e. The number of hydrogen-bond acceptors (Lipinski definition) is 4. The van der Waals surface area contributed by atoms with Gasteiger partial charge in [0.25, 0.3) is 5.24 Å². The Labute approximate surface area is 111 Å². The van der Waals surface area contributed by atoms with Gasteiger partial charge in [-0.2, -0.15) is 0 Å². The van der Waals surface area contributed by atoms with Gasteiger partial charge in [-0.15, -0.1) is 0 Å². The van der Waals surface area contributed by atoms with Crippen molar-refractivity contribution in [2.24, 2.45) is 0 Å². The lowest BCUT2D eigenvalue weighted by molar-refractivity contribution is -0.117. The highest BCUT2D eigenvalue weighted by Crippen LogP contribution is 2.18. The molecule has 0 radical (unpaired) electrons. The summed E-state index contributed by atoms with van der Waals surface area (Å²) in [4.78, 5) is 26.9. The maximum atomic E-state index is 11.8. The number of nitrogens with one attached hydrogen (secondary N) is 2. The predicted octanol–water partition coefficient (Wildman–Crippen LogP) is 1.92. The van der Waals surface area contributed by atoms with Gasteiger partial charge in [0.1, 0.15) is 11.9 Å². The number of nitrogens with zero attached hydrogens (tertiary/aromatic N) is 1. The van der Waals surface area contributed by atoms with Crippen LogP contribution in [0.25, 0.3) is 0 Å². The Bertz CT molecular complexity index is 481. The van der Waals surface area contributed by atoms with Gasteiger partial charge in [-0.25, -0.2) is 4.98 Å². The van der Waals surface area contributed by atoms with Gasteiger partial charge < -0.3 is 10.6 Å². The van der Waals surface area contributed by atoms with E-state index in [0.29, 0.717) is 11.6 Å². The molecule has 2 heterocycles. The van der Waals surface area contributed by atoms with Crippen LogP contribution < -0.4 is 10.6 Å². The standard InChI is InChI=1S/C10H10BrN3O2S/c1-5-6(11)2-3-8(12-5)14-9(15)7-4-17-10(16)13-7/h2-3,7H,4H2,1H3,(H,13,16)(H,12,14,15). The van der Waals surface area contributed by atoms with Crippen LogP contribution in [0.15, 0.2) is 16.6 Å². The Morgan fingerprint density at radius 2 is 2.41 bits per heavy atom. The van der Waals surface area contributed by atoms with Crippen LogP contribution >= 0.6 is 27.7 Å². The van der Waals surface area contributed by atoms with Crippen LogP contribution in [0.5, 0.6) is 0 Å². The van der Waals surface area contributed by atoms with E-state index in [-0.39, 0.29) is 11.1 Å². The molecule has 2 rings (SSSR count). The van der Waals surface area contributed by atoms with E-state index in [1.54, 1.807) is 6.07 Å². The van der Waals surface area contributed by atoms with Crippen molar-refractivity contribution in [2.75, 3.05) is 11.1 Å². The molecule has 1 aliphatic heterocycles. The zero-order chi connectivity index (χ0) is 12.4. The molecule has 0 spiro atoms. The Balaban J connectivity index is 2.03. The minimum atomic E-state index is -0.474. The number of carbonyl (C=O) groups is 2. The summed E-state index contributed by atoms with van der Waals surface area (Å²) in [7, 11) is 0. The molecule has 1 unspecified atom stereocenters. The van der Waals surface area contributed by atoms with Crippen LogP contribution in [0, 0.1) is 6.92 Å². The molecule has 0 aromatic carbocycles. The topological polar surface area (TPSA) is 71.1 Å². The summed E-state index contributed by atoms with van der Waals surface area (Å²) in [6, 6.07) is 3.05. The van der Waals surface area contributed by atoms with Crippen LogP contribution in [0.1, 0.15) is 5.69 Å². The van der Waals surface area contributed by atoms with E-state index >= 15 is 0 Å². The van der Waals surface area contributed by atoms with Crippen molar-refractivity contribution in [3.63, 3.8) is 0 Å². The molecule has 2 amide bonds. The van der Waals surface area contributed by atoms with E-state index in [0.717, 1.165) is 21.9 Å². The maximum absolute atomic E-state index is 11.8. The monoisotopic (exact) mass is 315 g/mol. The summed E-state index contributed by atoms with van der Waals surface area (Å²) in [6.07, 6.45) is 0. The zero-order valence-corrected chi connectivity index (χ0v) is 11.4. The van der Waals surface area contributed by atoms with Gasteiger partial charge in [0.05, 0.1) is 5.69 Å². The quantitative estimate of drug-likeness (QED) is 0.874. The minimum absolute atomic E-state index is 0.162. The Kier molecular flexibility index (Phi) is 3.68. The Morgan fingerprint density at radius 1 is 1.65 bits per heavy atom. The first kappa shape index (κ1) is 12.4. The van der Waals surface area contributed by atoms with Crippen LogP contribution in [-0.2, 0) is 4.79 Å². The zero-order valence-electron chi connectivity index (χ0n) is 8.99. The number of halogens is 1. The minimum Gasteiger partial charge on any atom is -0.334 e. The Hall–Kier alpha value is -1.08. The molecule has 0 aliphatic carbocycles. The fourth-order valence-electron chi connectivity index (χ4n) is 1.35. The van der Waals surface area contributed by atoms with Crippen molar-refractivity contribution < 1.29 is 9.59 Å². The highest BCUT2D eigenvalue weighted by molar-refractivity contribution is 9.10. The summed E-state index contributed by atoms with van der Waals surface area (Å²) < 4.78 is 0.889. The second-order valence-corrected chi connectivity index (χ2v) is 5.40. The average Bonchev–Trinajstić information content (AvgIpc) is 2.70.